The Kier molecular flexibility index (Phi) is 10.8. The number of nitrogens with one attached hydrogen (secondary N) is 2. The molecule has 7 heteroatoms. The standard InChI is InChI=1S/C23H32N4O2.HI/c1-3-13-24-23(25-14-12-19-9-8-17-29-19)26-18-21(27-15-6-7-16-27)20-10-4-5-11-22(20)28-2;/h3-5,8-11,17,21H,1,6-7,12-16,18H2,2H3,(H2,24,25,26);1H. The second kappa shape index (κ2) is 13.3. The van der Waals surface area contributed by atoms with E-state index < -0.39 is 0 Å². The average Bonchev–Trinajstić information content (AvgIpc) is 3.46. The maximum atomic E-state index is 5.63. The number of halogens is 1. The highest BCUT2D eigenvalue weighted by molar-refractivity contribution is 14.0. The van der Waals surface area contributed by atoms with Crippen LogP contribution in [0.15, 0.2) is 64.7 Å². The summed E-state index contributed by atoms with van der Waals surface area (Å²) in [7, 11) is 1.73. The molecule has 0 amide bonds. The predicted octanol–water partition coefficient (Wildman–Crippen LogP) is 4.01. The summed E-state index contributed by atoms with van der Waals surface area (Å²) in [6, 6.07) is 12.4. The number of aliphatic imine (C=N–C) groups is 1. The van der Waals surface area contributed by atoms with E-state index >= 15 is 0 Å². The van der Waals surface area contributed by atoms with Gasteiger partial charge in [0, 0.05) is 25.1 Å². The fourth-order valence-corrected chi connectivity index (χ4v) is 3.69. The van der Waals surface area contributed by atoms with Crippen molar-refractivity contribution in [3.8, 4) is 5.75 Å². The highest BCUT2D eigenvalue weighted by atomic mass is 127. The van der Waals surface area contributed by atoms with E-state index in [1.807, 2.05) is 30.3 Å². The van der Waals surface area contributed by atoms with Crippen molar-refractivity contribution in [3.63, 3.8) is 0 Å². The molecule has 30 heavy (non-hydrogen) atoms. The minimum atomic E-state index is 0. The molecule has 0 saturated carbocycles. The number of likely N-dealkylation sites (tertiary alicyclic amines) is 1. The van der Waals surface area contributed by atoms with Crippen LogP contribution in [0.2, 0.25) is 0 Å². The molecule has 6 nitrogen and oxygen atoms in total. The predicted molar refractivity (Wildman–Crippen MR) is 133 cm³/mol. The van der Waals surface area contributed by atoms with Crippen LogP contribution >= 0.6 is 24.0 Å². The Morgan fingerprint density at radius 3 is 2.73 bits per heavy atom. The van der Waals surface area contributed by atoms with E-state index in [0.29, 0.717) is 13.1 Å². The first-order chi connectivity index (χ1) is 14.3. The maximum Gasteiger partial charge on any atom is 0.191 e. The number of benzene rings is 1. The van der Waals surface area contributed by atoms with E-state index in [9.17, 15) is 0 Å². The second-order valence-electron chi connectivity index (χ2n) is 7.12. The van der Waals surface area contributed by atoms with Crippen molar-refractivity contribution in [2.75, 3.05) is 39.8 Å². The summed E-state index contributed by atoms with van der Waals surface area (Å²) in [5.41, 5.74) is 1.19. The van der Waals surface area contributed by atoms with Gasteiger partial charge in [0.2, 0.25) is 0 Å². The van der Waals surface area contributed by atoms with Gasteiger partial charge in [0.05, 0.1) is 26.0 Å². The fraction of sp³-hybridized carbons (Fsp3) is 0.435. The molecule has 0 bridgehead atoms. The van der Waals surface area contributed by atoms with E-state index in [-0.39, 0.29) is 30.0 Å². The zero-order valence-electron chi connectivity index (χ0n) is 17.7. The number of ether oxygens (including phenoxy) is 1. The third kappa shape index (κ3) is 7.05. The number of methoxy groups -OCH3 is 1. The summed E-state index contributed by atoms with van der Waals surface area (Å²) in [5.74, 6) is 2.67. The summed E-state index contributed by atoms with van der Waals surface area (Å²) in [6.45, 7) is 8.06. The lowest BCUT2D eigenvalue weighted by Crippen LogP contribution is -2.39. The quantitative estimate of drug-likeness (QED) is 0.213. The summed E-state index contributed by atoms with van der Waals surface area (Å²) >= 11 is 0. The molecule has 2 N–H and O–H groups in total. The molecular formula is C23H33IN4O2. The molecule has 1 aromatic heterocycles. The van der Waals surface area contributed by atoms with Gasteiger partial charge in [-0.3, -0.25) is 9.89 Å². The molecule has 1 aromatic carbocycles. The molecule has 1 aliphatic heterocycles. The van der Waals surface area contributed by atoms with Crippen molar-refractivity contribution in [1.82, 2.24) is 15.5 Å². The van der Waals surface area contributed by atoms with Crippen LogP contribution in [0.3, 0.4) is 0 Å². The normalized spacial score (nSPS) is 15.3. The molecule has 164 valence electrons. The van der Waals surface area contributed by atoms with Gasteiger partial charge in [-0.25, -0.2) is 0 Å². The van der Waals surface area contributed by atoms with Crippen LogP contribution in [0.25, 0.3) is 0 Å². The van der Waals surface area contributed by atoms with Gasteiger partial charge < -0.3 is 19.8 Å². The highest BCUT2D eigenvalue weighted by Crippen LogP contribution is 2.31. The molecule has 0 spiro atoms. The van der Waals surface area contributed by atoms with E-state index in [1.54, 1.807) is 13.4 Å². The largest absolute Gasteiger partial charge is 0.496 e. The molecule has 0 aliphatic carbocycles. The molecule has 0 radical (unpaired) electrons. The van der Waals surface area contributed by atoms with E-state index in [2.05, 4.69) is 34.2 Å². The average molecular weight is 524 g/mol. The first kappa shape index (κ1) is 24.3. The summed E-state index contributed by atoms with van der Waals surface area (Å²) in [4.78, 5) is 7.40. The van der Waals surface area contributed by atoms with Crippen LogP contribution in [0.4, 0.5) is 0 Å². The Bertz CT molecular complexity index is 773. The first-order valence-electron chi connectivity index (χ1n) is 10.3. The third-order valence-corrected chi connectivity index (χ3v) is 5.16. The van der Waals surface area contributed by atoms with Crippen LogP contribution < -0.4 is 15.4 Å². The van der Waals surface area contributed by atoms with Crippen molar-refractivity contribution < 1.29 is 9.15 Å². The van der Waals surface area contributed by atoms with E-state index in [4.69, 9.17) is 14.1 Å². The number of rotatable bonds is 10. The number of hydrogen-bond acceptors (Lipinski definition) is 4. The zero-order chi connectivity index (χ0) is 20.3. The third-order valence-electron chi connectivity index (χ3n) is 5.16. The smallest absolute Gasteiger partial charge is 0.191 e. The topological polar surface area (TPSA) is 62.0 Å². The Morgan fingerprint density at radius 2 is 2.03 bits per heavy atom. The Morgan fingerprint density at radius 1 is 1.23 bits per heavy atom. The molecule has 1 saturated heterocycles. The monoisotopic (exact) mass is 524 g/mol. The van der Waals surface area contributed by atoms with Crippen molar-refractivity contribution >= 4 is 29.9 Å². The molecule has 1 aliphatic rings. The highest BCUT2D eigenvalue weighted by Gasteiger charge is 2.25. The number of furan rings is 1. The Labute approximate surface area is 196 Å². The van der Waals surface area contributed by atoms with Crippen LogP contribution in [0.1, 0.15) is 30.2 Å². The number of guanidine groups is 1. The minimum absolute atomic E-state index is 0. The summed E-state index contributed by atoms with van der Waals surface area (Å²) < 4.78 is 11.0. The molecule has 1 fully saturated rings. The molecule has 1 atom stereocenters. The van der Waals surface area contributed by atoms with Crippen LogP contribution in [0.5, 0.6) is 5.75 Å². The molecule has 3 rings (SSSR count). The lowest BCUT2D eigenvalue weighted by molar-refractivity contribution is 0.245. The van der Waals surface area contributed by atoms with Crippen molar-refractivity contribution in [2.45, 2.75) is 25.3 Å². The first-order valence-corrected chi connectivity index (χ1v) is 10.3. The minimum Gasteiger partial charge on any atom is -0.496 e. The van der Waals surface area contributed by atoms with Crippen LogP contribution in [-0.2, 0) is 6.42 Å². The molecule has 2 aromatic rings. The van der Waals surface area contributed by atoms with Gasteiger partial charge in [0.25, 0.3) is 0 Å². The van der Waals surface area contributed by atoms with Gasteiger partial charge in [-0.05, 0) is 44.1 Å². The van der Waals surface area contributed by atoms with Gasteiger partial charge >= 0.3 is 0 Å². The Balaban J connectivity index is 0.00000320. The number of nitrogens with zero attached hydrogens (tertiary/aromatic N) is 2. The van der Waals surface area contributed by atoms with Gasteiger partial charge in [-0.1, -0.05) is 24.3 Å². The SMILES string of the molecule is C=CCNC(=NCC(c1ccccc1OC)N1CCCC1)NCCc1ccco1.I. The molecule has 2 heterocycles. The van der Waals surface area contributed by atoms with Gasteiger partial charge in [-0.15, -0.1) is 30.6 Å². The van der Waals surface area contributed by atoms with Crippen molar-refractivity contribution in [2.24, 2.45) is 4.99 Å². The van der Waals surface area contributed by atoms with E-state index in [1.165, 1.54) is 18.4 Å². The summed E-state index contributed by atoms with van der Waals surface area (Å²) in [6.07, 6.45) is 6.82. The Hall–Kier alpha value is -2.00. The number of para-hydroxylation sites is 1. The fourth-order valence-electron chi connectivity index (χ4n) is 3.69. The van der Waals surface area contributed by atoms with Crippen LogP contribution in [-0.4, -0.2) is 50.7 Å². The van der Waals surface area contributed by atoms with Gasteiger partial charge in [0.15, 0.2) is 5.96 Å². The number of hydrogen-bond donors (Lipinski definition) is 2. The van der Waals surface area contributed by atoms with Gasteiger partial charge in [-0.2, -0.15) is 0 Å². The lowest BCUT2D eigenvalue weighted by Gasteiger charge is -2.28. The van der Waals surface area contributed by atoms with Crippen molar-refractivity contribution in [1.29, 1.82) is 0 Å². The molecular weight excluding hydrogens is 491 g/mol. The zero-order valence-corrected chi connectivity index (χ0v) is 20.0. The van der Waals surface area contributed by atoms with Crippen LogP contribution in [0, 0.1) is 0 Å². The van der Waals surface area contributed by atoms with Gasteiger partial charge in [0.1, 0.15) is 11.5 Å². The van der Waals surface area contributed by atoms with E-state index in [0.717, 1.165) is 43.5 Å². The summed E-state index contributed by atoms with van der Waals surface area (Å²) in [5, 5.41) is 6.72. The maximum absolute atomic E-state index is 5.63. The lowest BCUT2D eigenvalue weighted by atomic mass is 10.0. The van der Waals surface area contributed by atoms with Crippen molar-refractivity contribution in [3.05, 3.63) is 66.6 Å². The second-order valence-corrected chi connectivity index (χ2v) is 7.12. The molecule has 1 unspecified atom stereocenters.